The smallest absolute Gasteiger partial charge is 0.256 e. The molecule has 2 aromatic rings. The molecular weight excluding hydrogens is 234 g/mol. The van der Waals surface area contributed by atoms with Crippen LogP contribution in [0.3, 0.4) is 0 Å². The molecule has 86 valence electrons. The maximum Gasteiger partial charge on any atom is 0.256 e. The molecule has 1 amide bonds. The van der Waals surface area contributed by atoms with Gasteiger partial charge in [-0.2, -0.15) is 11.3 Å². The molecule has 1 atom stereocenters. The predicted octanol–water partition coefficient (Wildman–Crippen LogP) is 2.40. The van der Waals surface area contributed by atoms with Crippen molar-refractivity contribution in [1.82, 2.24) is 4.90 Å². The van der Waals surface area contributed by atoms with Crippen molar-refractivity contribution in [2.75, 3.05) is 0 Å². The molecule has 0 fully saturated rings. The van der Waals surface area contributed by atoms with Crippen LogP contribution in [-0.4, -0.2) is 15.9 Å². The monoisotopic (exact) mass is 245 g/mol. The Morgan fingerprint density at radius 1 is 1.29 bits per heavy atom. The molecule has 1 aliphatic rings. The number of hydrogen-bond donors (Lipinski definition) is 1. The van der Waals surface area contributed by atoms with Crippen LogP contribution >= 0.6 is 11.3 Å². The highest BCUT2D eigenvalue weighted by Gasteiger charge is 2.34. The molecule has 0 radical (unpaired) electrons. The Morgan fingerprint density at radius 2 is 2.12 bits per heavy atom. The Morgan fingerprint density at radius 3 is 2.82 bits per heavy atom. The number of carbonyl (C=O) groups is 1. The molecule has 2 heterocycles. The van der Waals surface area contributed by atoms with E-state index in [0.717, 1.165) is 5.56 Å². The molecule has 1 aromatic heterocycles. The average Bonchev–Trinajstić information content (AvgIpc) is 2.94. The van der Waals surface area contributed by atoms with Crippen molar-refractivity contribution in [2.45, 2.75) is 12.8 Å². The van der Waals surface area contributed by atoms with E-state index in [1.165, 1.54) is 4.90 Å². The molecule has 1 aliphatic heterocycles. The van der Waals surface area contributed by atoms with Crippen LogP contribution in [0.25, 0.3) is 0 Å². The van der Waals surface area contributed by atoms with Crippen LogP contribution < -0.4 is 0 Å². The third kappa shape index (κ3) is 1.66. The Bertz CT molecular complexity index is 550. The molecule has 0 saturated heterocycles. The maximum atomic E-state index is 12.1. The number of benzene rings is 1. The lowest BCUT2D eigenvalue weighted by molar-refractivity contribution is 0.0138. The van der Waals surface area contributed by atoms with Gasteiger partial charge in [0.15, 0.2) is 6.23 Å². The van der Waals surface area contributed by atoms with Gasteiger partial charge >= 0.3 is 0 Å². The quantitative estimate of drug-likeness (QED) is 0.882. The van der Waals surface area contributed by atoms with E-state index < -0.39 is 6.23 Å². The normalized spacial score (nSPS) is 18.5. The summed E-state index contributed by atoms with van der Waals surface area (Å²) in [6, 6.07) is 9.18. The maximum absolute atomic E-state index is 12.1. The molecule has 1 aromatic carbocycles. The van der Waals surface area contributed by atoms with Crippen LogP contribution in [0.2, 0.25) is 0 Å². The summed E-state index contributed by atoms with van der Waals surface area (Å²) in [6.07, 6.45) is -0.821. The molecule has 0 saturated carbocycles. The second-order valence-corrected chi connectivity index (χ2v) is 4.81. The topological polar surface area (TPSA) is 40.5 Å². The molecule has 3 rings (SSSR count). The molecule has 4 heteroatoms. The van der Waals surface area contributed by atoms with Crippen molar-refractivity contribution in [1.29, 1.82) is 0 Å². The van der Waals surface area contributed by atoms with Crippen LogP contribution in [0, 0.1) is 0 Å². The fourth-order valence-corrected chi connectivity index (χ4v) is 2.75. The third-order valence-corrected chi connectivity index (χ3v) is 3.69. The molecule has 1 N–H and O–H groups in total. The number of amides is 1. The Balaban J connectivity index is 1.92. The van der Waals surface area contributed by atoms with Crippen LogP contribution in [-0.2, 0) is 6.54 Å². The molecule has 0 bridgehead atoms. The number of thiophene rings is 1. The SMILES string of the molecule is O=C1c2ccccc2C(O)N1Cc1ccsc1. The van der Waals surface area contributed by atoms with Gasteiger partial charge in [-0.25, -0.2) is 0 Å². The summed E-state index contributed by atoms with van der Waals surface area (Å²) in [6.45, 7) is 0.457. The van der Waals surface area contributed by atoms with Gasteiger partial charge in [-0.1, -0.05) is 18.2 Å². The number of fused-ring (bicyclic) bond motifs is 1. The molecule has 17 heavy (non-hydrogen) atoms. The van der Waals surface area contributed by atoms with Crippen LogP contribution in [0.5, 0.6) is 0 Å². The fraction of sp³-hybridized carbons (Fsp3) is 0.154. The lowest BCUT2D eigenvalue weighted by Crippen LogP contribution is -2.27. The van der Waals surface area contributed by atoms with Crippen molar-refractivity contribution < 1.29 is 9.90 Å². The van der Waals surface area contributed by atoms with E-state index in [9.17, 15) is 9.90 Å². The van der Waals surface area contributed by atoms with Crippen LogP contribution in [0.4, 0.5) is 0 Å². The highest BCUT2D eigenvalue weighted by atomic mass is 32.1. The molecule has 1 unspecified atom stereocenters. The minimum atomic E-state index is -0.821. The van der Waals surface area contributed by atoms with Gasteiger partial charge < -0.3 is 10.0 Å². The van der Waals surface area contributed by atoms with Crippen LogP contribution in [0.1, 0.15) is 27.7 Å². The minimum absolute atomic E-state index is 0.0979. The van der Waals surface area contributed by atoms with E-state index in [1.807, 2.05) is 29.0 Å². The Kier molecular flexibility index (Phi) is 2.46. The summed E-state index contributed by atoms with van der Waals surface area (Å²) in [5.41, 5.74) is 2.36. The van der Waals surface area contributed by atoms with Gasteiger partial charge in [0.1, 0.15) is 0 Å². The first-order valence-electron chi connectivity index (χ1n) is 5.36. The highest BCUT2D eigenvalue weighted by Crippen LogP contribution is 2.32. The zero-order chi connectivity index (χ0) is 11.8. The van der Waals surface area contributed by atoms with Gasteiger partial charge in [0, 0.05) is 17.7 Å². The van der Waals surface area contributed by atoms with E-state index in [1.54, 1.807) is 23.5 Å². The van der Waals surface area contributed by atoms with Gasteiger partial charge in [-0.15, -0.1) is 0 Å². The number of carbonyl (C=O) groups excluding carboxylic acids is 1. The van der Waals surface area contributed by atoms with Crippen molar-refractivity contribution >= 4 is 17.2 Å². The van der Waals surface area contributed by atoms with Gasteiger partial charge in [0.25, 0.3) is 5.91 Å². The van der Waals surface area contributed by atoms with E-state index in [-0.39, 0.29) is 5.91 Å². The summed E-state index contributed by atoms with van der Waals surface area (Å²) in [4.78, 5) is 13.6. The lowest BCUT2D eigenvalue weighted by atomic mass is 10.1. The highest BCUT2D eigenvalue weighted by molar-refractivity contribution is 7.07. The summed E-state index contributed by atoms with van der Waals surface area (Å²) in [7, 11) is 0. The number of aliphatic hydroxyl groups is 1. The molecule has 0 aliphatic carbocycles. The molecule has 3 nitrogen and oxygen atoms in total. The predicted molar refractivity (Wildman–Crippen MR) is 65.6 cm³/mol. The summed E-state index contributed by atoms with van der Waals surface area (Å²) in [5, 5.41) is 14.1. The standard InChI is InChI=1S/C13H11NO2S/c15-12-10-3-1-2-4-11(10)13(16)14(12)7-9-5-6-17-8-9/h1-6,8,12,15H,7H2. The third-order valence-electron chi connectivity index (χ3n) is 2.96. The second kappa shape index (κ2) is 3.98. The first-order valence-corrected chi connectivity index (χ1v) is 6.30. The first-order chi connectivity index (χ1) is 8.27. The average molecular weight is 245 g/mol. The van der Waals surface area contributed by atoms with Crippen molar-refractivity contribution in [3.63, 3.8) is 0 Å². The Labute approximate surface area is 103 Å². The number of rotatable bonds is 2. The molecule has 0 spiro atoms. The zero-order valence-corrected chi connectivity index (χ0v) is 9.85. The minimum Gasteiger partial charge on any atom is -0.369 e. The summed E-state index contributed by atoms with van der Waals surface area (Å²) in [5.74, 6) is -0.0979. The van der Waals surface area contributed by atoms with Gasteiger partial charge in [-0.05, 0) is 28.5 Å². The van der Waals surface area contributed by atoms with Crippen molar-refractivity contribution in [2.24, 2.45) is 0 Å². The van der Waals surface area contributed by atoms with Crippen molar-refractivity contribution in [3.05, 3.63) is 57.8 Å². The summed E-state index contributed by atoms with van der Waals surface area (Å²) < 4.78 is 0. The Hall–Kier alpha value is -1.65. The van der Waals surface area contributed by atoms with E-state index >= 15 is 0 Å². The number of hydrogen-bond acceptors (Lipinski definition) is 3. The van der Waals surface area contributed by atoms with E-state index in [2.05, 4.69) is 0 Å². The van der Waals surface area contributed by atoms with E-state index in [0.29, 0.717) is 17.7 Å². The lowest BCUT2D eigenvalue weighted by Gasteiger charge is -2.20. The van der Waals surface area contributed by atoms with Crippen LogP contribution in [0.15, 0.2) is 41.1 Å². The largest absolute Gasteiger partial charge is 0.369 e. The van der Waals surface area contributed by atoms with Gasteiger partial charge in [0.05, 0.1) is 0 Å². The first kappa shape index (κ1) is 10.5. The fourth-order valence-electron chi connectivity index (χ4n) is 2.09. The summed E-state index contributed by atoms with van der Waals surface area (Å²) >= 11 is 1.59. The van der Waals surface area contributed by atoms with Gasteiger partial charge in [0.2, 0.25) is 0 Å². The van der Waals surface area contributed by atoms with E-state index in [4.69, 9.17) is 0 Å². The van der Waals surface area contributed by atoms with Gasteiger partial charge in [-0.3, -0.25) is 4.79 Å². The number of nitrogens with zero attached hydrogens (tertiary/aromatic N) is 1. The number of aliphatic hydroxyl groups excluding tert-OH is 1. The molecular formula is C13H11NO2S. The second-order valence-electron chi connectivity index (χ2n) is 4.03. The zero-order valence-electron chi connectivity index (χ0n) is 9.04. The van der Waals surface area contributed by atoms with Crippen molar-refractivity contribution in [3.8, 4) is 0 Å².